The zero-order valence-corrected chi connectivity index (χ0v) is 13.9. The molecule has 1 aromatic carbocycles. The van der Waals surface area contributed by atoms with Gasteiger partial charge in [0, 0.05) is 5.92 Å². The predicted octanol–water partition coefficient (Wildman–Crippen LogP) is 6.72. The Morgan fingerprint density at radius 3 is 2.10 bits per heavy atom. The highest BCUT2D eigenvalue weighted by atomic mass is 14.2. The van der Waals surface area contributed by atoms with E-state index in [1.807, 2.05) is 0 Å². The zero-order chi connectivity index (χ0) is 14.6. The summed E-state index contributed by atoms with van der Waals surface area (Å²) in [7, 11) is 0. The second kappa shape index (κ2) is 10.9. The van der Waals surface area contributed by atoms with Gasteiger partial charge in [-0.3, -0.25) is 0 Å². The van der Waals surface area contributed by atoms with E-state index in [-0.39, 0.29) is 0 Å². The molecule has 113 valence electrons. The molecule has 0 aliphatic rings. The molecule has 0 amide bonds. The third kappa shape index (κ3) is 6.11. The number of aryl methyl sites for hydroxylation is 1. The molecule has 1 rings (SSSR count). The van der Waals surface area contributed by atoms with Gasteiger partial charge in [0.25, 0.3) is 0 Å². The van der Waals surface area contributed by atoms with Crippen LogP contribution in [0.1, 0.15) is 89.7 Å². The van der Waals surface area contributed by atoms with E-state index in [9.17, 15) is 0 Å². The van der Waals surface area contributed by atoms with Gasteiger partial charge in [-0.25, -0.2) is 0 Å². The van der Waals surface area contributed by atoms with Crippen LogP contribution in [0.15, 0.2) is 24.3 Å². The maximum absolute atomic E-state index is 2.36. The molecule has 0 heterocycles. The van der Waals surface area contributed by atoms with Gasteiger partial charge < -0.3 is 0 Å². The molecular formula is C20H33. The van der Waals surface area contributed by atoms with Crippen molar-refractivity contribution in [1.82, 2.24) is 0 Å². The quantitative estimate of drug-likeness (QED) is 0.392. The van der Waals surface area contributed by atoms with Gasteiger partial charge in [-0.1, -0.05) is 83.6 Å². The van der Waals surface area contributed by atoms with E-state index >= 15 is 0 Å². The molecular weight excluding hydrogens is 240 g/mol. The first-order valence-electron chi connectivity index (χ1n) is 8.76. The van der Waals surface area contributed by atoms with E-state index < -0.39 is 0 Å². The maximum atomic E-state index is 2.36. The Morgan fingerprint density at radius 1 is 0.750 bits per heavy atom. The Kier molecular flexibility index (Phi) is 9.45. The molecule has 0 bridgehead atoms. The van der Waals surface area contributed by atoms with E-state index in [0.717, 1.165) is 0 Å². The Bertz CT molecular complexity index is 340. The average molecular weight is 273 g/mol. The van der Waals surface area contributed by atoms with Crippen LogP contribution in [0.5, 0.6) is 0 Å². The maximum Gasteiger partial charge on any atom is 0.00526 e. The highest BCUT2D eigenvalue weighted by Gasteiger charge is 2.14. The number of rotatable bonds is 11. The summed E-state index contributed by atoms with van der Waals surface area (Å²) in [6.45, 7) is 6.87. The van der Waals surface area contributed by atoms with Crippen LogP contribution < -0.4 is 0 Å². The first-order valence-corrected chi connectivity index (χ1v) is 8.76. The van der Waals surface area contributed by atoms with Gasteiger partial charge in [0.1, 0.15) is 0 Å². The molecule has 0 unspecified atom stereocenters. The second-order valence-corrected chi connectivity index (χ2v) is 5.92. The summed E-state index contributed by atoms with van der Waals surface area (Å²) in [6.07, 6.45) is 13.1. The van der Waals surface area contributed by atoms with Crippen LogP contribution >= 0.6 is 0 Å². The van der Waals surface area contributed by atoms with E-state index in [1.54, 1.807) is 17.0 Å². The fraction of sp³-hybridized carbons (Fsp3) is 0.650. The minimum absolute atomic E-state index is 1.25. The van der Waals surface area contributed by atoms with Gasteiger partial charge in [0.15, 0.2) is 0 Å². The standard InChI is InChI=1S/C20H33/c1-4-7-10-15-18(13-8-5-2)20-17-12-11-16-19(20)14-9-6-3/h11-12,16-17H,4-10,13-15H2,1-3H3. The summed E-state index contributed by atoms with van der Waals surface area (Å²) < 4.78 is 0. The molecule has 0 fully saturated rings. The van der Waals surface area contributed by atoms with Crippen LogP contribution in [-0.2, 0) is 6.42 Å². The minimum Gasteiger partial charge on any atom is -0.0654 e. The molecule has 1 radical (unpaired) electrons. The molecule has 0 atom stereocenters. The monoisotopic (exact) mass is 273 g/mol. The Morgan fingerprint density at radius 2 is 1.40 bits per heavy atom. The highest BCUT2D eigenvalue weighted by Crippen LogP contribution is 2.30. The molecule has 0 N–H and O–H groups in total. The van der Waals surface area contributed by atoms with Crippen molar-refractivity contribution in [2.45, 2.75) is 85.0 Å². The molecule has 0 saturated heterocycles. The molecule has 0 aliphatic carbocycles. The van der Waals surface area contributed by atoms with Crippen LogP contribution in [0.4, 0.5) is 0 Å². The molecule has 0 saturated carbocycles. The van der Waals surface area contributed by atoms with Crippen molar-refractivity contribution in [2.75, 3.05) is 0 Å². The summed E-state index contributed by atoms with van der Waals surface area (Å²) in [6, 6.07) is 9.13. The van der Waals surface area contributed by atoms with Crippen molar-refractivity contribution in [3.63, 3.8) is 0 Å². The number of hydrogen-bond donors (Lipinski definition) is 0. The topological polar surface area (TPSA) is 0 Å². The molecule has 0 aliphatic heterocycles. The number of benzene rings is 1. The summed E-state index contributed by atoms with van der Waals surface area (Å²) >= 11 is 0. The van der Waals surface area contributed by atoms with Crippen LogP contribution in [-0.4, -0.2) is 0 Å². The highest BCUT2D eigenvalue weighted by molar-refractivity contribution is 5.38. The minimum atomic E-state index is 1.25. The van der Waals surface area contributed by atoms with Crippen LogP contribution in [0, 0.1) is 5.92 Å². The van der Waals surface area contributed by atoms with Crippen LogP contribution in [0.25, 0.3) is 0 Å². The smallest absolute Gasteiger partial charge is 0.00526 e. The first kappa shape index (κ1) is 17.3. The van der Waals surface area contributed by atoms with Gasteiger partial charge in [-0.05, 0) is 36.8 Å². The first-order chi connectivity index (χ1) is 9.83. The summed E-state index contributed by atoms with van der Waals surface area (Å²) in [5.74, 6) is 1.71. The van der Waals surface area contributed by atoms with E-state index in [0.29, 0.717) is 0 Å². The third-order valence-electron chi connectivity index (χ3n) is 4.11. The van der Waals surface area contributed by atoms with Gasteiger partial charge >= 0.3 is 0 Å². The molecule has 1 aromatic rings. The van der Waals surface area contributed by atoms with Gasteiger partial charge in [0.05, 0.1) is 0 Å². The van der Waals surface area contributed by atoms with Crippen molar-refractivity contribution >= 4 is 0 Å². The van der Waals surface area contributed by atoms with Crippen LogP contribution in [0.3, 0.4) is 0 Å². The lowest BCUT2D eigenvalue weighted by Crippen LogP contribution is -2.05. The summed E-state index contributed by atoms with van der Waals surface area (Å²) in [5.41, 5.74) is 3.16. The van der Waals surface area contributed by atoms with E-state index in [4.69, 9.17) is 0 Å². The third-order valence-corrected chi connectivity index (χ3v) is 4.11. The molecule has 0 nitrogen and oxygen atoms in total. The SMILES string of the molecule is CCCCC[C](CCCC)c1ccccc1CCCC. The van der Waals surface area contributed by atoms with E-state index in [2.05, 4.69) is 45.0 Å². The lowest BCUT2D eigenvalue weighted by molar-refractivity contribution is 0.628. The Labute approximate surface area is 127 Å². The largest absolute Gasteiger partial charge is 0.0654 e. The molecule has 0 heteroatoms. The number of hydrogen-bond acceptors (Lipinski definition) is 0. The van der Waals surface area contributed by atoms with Crippen molar-refractivity contribution in [2.24, 2.45) is 0 Å². The van der Waals surface area contributed by atoms with Gasteiger partial charge in [-0.15, -0.1) is 0 Å². The van der Waals surface area contributed by atoms with Crippen LogP contribution in [0.2, 0.25) is 0 Å². The van der Waals surface area contributed by atoms with Crippen molar-refractivity contribution in [3.8, 4) is 0 Å². The van der Waals surface area contributed by atoms with Crippen molar-refractivity contribution in [3.05, 3.63) is 41.3 Å². The lowest BCUT2D eigenvalue weighted by atomic mass is 9.85. The summed E-state index contributed by atoms with van der Waals surface area (Å²) in [5, 5.41) is 0. The summed E-state index contributed by atoms with van der Waals surface area (Å²) in [4.78, 5) is 0. The molecule has 0 spiro atoms. The Balaban J connectivity index is 2.76. The molecule has 20 heavy (non-hydrogen) atoms. The average Bonchev–Trinajstić information content (AvgIpc) is 2.49. The predicted molar refractivity (Wildman–Crippen MR) is 91.1 cm³/mol. The Hall–Kier alpha value is -0.780. The molecule has 0 aromatic heterocycles. The lowest BCUT2D eigenvalue weighted by Gasteiger charge is -2.20. The van der Waals surface area contributed by atoms with Crippen molar-refractivity contribution < 1.29 is 0 Å². The fourth-order valence-corrected chi connectivity index (χ4v) is 2.82. The normalized spacial score (nSPS) is 11.2. The second-order valence-electron chi connectivity index (χ2n) is 5.92. The zero-order valence-electron chi connectivity index (χ0n) is 13.9. The van der Waals surface area contributed by atoms with Gasteiger partial charge in [0.2, 0.25) is 0 Å². The number of unbranched alkanes of at least 4 members (excludes halogenated alkanes) is 4. The van der Waals surface area contributed by atoms with Crippen molar-refractivity contribution in [1.29, 1.82) is 0 Å². The van der Waals surface area contributed by atoms with E-state index in [1.165, 1.54) is 64.2 Å². The fourth-order valence-electron chi connectivity index (χ4n) is 2.82. The van der Waals surface area contributed by atoms with Gasteiger partial charge in [-0.2, -0.15) is 0 Å².